The van der Waals surface area contributed by atoms with Crippen molar-refractivity contribution in [2.45, 2.75) is 25.8 Å². The standard InChI is InChI=1S/C15H14N2O/c16-9-8-15(6-7-15)11-17-10-5-14(18)12-3-1-2-4-13(12)17/h1-5,10H,6-8,11H2. The lowest BCUT2D eigenvalue weighted by molar-refractivity contribution is 0.438. The van der Waals surface area contributed by atoms with E-state index in [1.54, 1.807) is 6.07 Å². The first kappa shape index (κ1) is 11.0. The molecular formula is C15H14N2O. The molecule has 3 heteroatoms. The lowest BCUT2D eigenvalue weighted by Crippen LogP contribution is -2.14. The highest BCUT2D eigenvalue weighted by Crippen LogP contribution is 2.50. The van der Waals surface area contributed by atoms with Crippen LogP contribution in [-0.4, -0.2) is 4.57 Å². The molecule has 0 saturated heterocycles. The maximum atomic E-state index is 11.8. The van der Waals surface area contributed by atoms with Gasteiger partial charge in [0.05, 0.1) is 11.6 Å². The van der Waals surface area contributed by atoms with Gasteiger partial charge < -0.3 is 4.57 Å². The number of hydrogen-bond donors (Lipinski definition) is 0. The highest BCUT2D eigenvalue weighted by molar-refractivity contribution is 5.78. The molecule has 0 unspecified atom stereocenters. The van der Waals surface area contributed by atoms with Crippen molar-refractivity contribution < 1.29 is 0 Å². The van der Waals surface area contributed by atoms with Crippen LogP contribution in [0, 0.1) is 16.7 Å². The zero-order valence-corrected chi connectivity index (χ0v) is 10.1. The molecule has 90 valence electrons. The number of nitriles is 1. The summed E-state index contributed by atoms with van der Waals surface area (Å²) in [5, 5.41) is 9.63. The molecule has 3 nitrogen and oxygen atoms in total. The molecule has 1 aromatic heterocycles. The molecule has 1 aliphatic carbocycles. The van der Waals surface area contributed by atoms with Gasteiger partial charge in [0, 0.05) is 36.0 Å². The Balaban J connectivity index is 2.06. The summed E-state index contributed by atoms with van der Waals surface area (Å²) in [6.07, 6.45) is 4.68. The molecule has 0 radical (unpaired) electrons. The fraction of sp³-hybridized carbons (Fsp3) is 0.333. The fourth-order valence-corrected chi connectivity index (χ4v) is 2.49. The van der Waals surface area contributed by atoms with Crippen LogP contribution in [-0.2, 0) is 6.54 Å². The third kappa shape index (κ3) is 1.80. The number of benzene rings is 1. The van der Waals surface area contributed by atoms with E-state index in [-0.39, 0.29) is 10.8 Å². The van der Waals surface area contributed by atoms with Crippen molar-refractivity contribution in [3.8, 4) is 6.07 Å². The SMILES string of the molecule is N#CCC1(Cn2ccc(=O)c3ccccc32)CC1. The Bertz CT molecular complexity index is 689. The van der Waals surface area contributed by atoms with Crippen LogP contribution in [0.3, 0.4) is 0 Å². The van der Waals surface area contributed by atoms with Crippen molar-refractivity contribution in [1.82, 2.24) is 4.57 Å². The Labute approximate surface area is 105 Å². The number of pyridine rings is 1. The minimum atomic E-state index is 0.0620. The molecule has 18 heavy (non-hydrogen) atoms. The van der Waals surface area contributed by atoms with Crippen LogP contribution in [0.5, 0.6) is 0 Å². The summed E-state index contributed by atoms with van der Waals surface area (Å²) in [4.78, 5) is 11.8. The van der Waals surface area contributed by atoms with E-state index in [9.17, 15) is 4.79 Å². The third-order valence-corrected chi connectivity index (χ3v) is 3.80. The van der Waals surface area contributed by atoms with Crippen LogP contribution >= 0.6 is 0 Å². The molecule has 1 heterocycles. The van der Waals surface area contributed by atoms with Gasteiger partial charge >= 0.3 is 0 Å². The summed E-state index contributed by atoms with van der Waals surface area (Å²) < 4.78 is 2.11. The second-order valence-corrected chi connectivity index (χ2v) is 5.16. The van der Waals surface area contributed by atoms with E-state index < -0.39 is 0 Å². The van der Waals surface area contributed by atoms with Crippen molar-refractivity contribution in [3.05, 3.63) is 46.8 Å². The van der Waals surface area contributed by atoms with E-state index in [1.165, 1.54) is 0 Å². The Morgan fingerprint density at radius 2 is 2.06 bits per heavy atom. The topological polar surface area (TPSA) is 45.8 Å². The van der Waals surface area contributed by atoms with Crippen LogP contribution in [0.2, 0.25) is 0 Å². The minimum Gasteiger partial charge on any atom is -0.347 e. The van der Waals surface area contributed by atoms with Gasteiger partial charge in [-0.25, -0.2) is 0 Å². The van der Waals surface area contributed by atoms with Gasteiger partial charge in [-0.05, 0) is 25.0 Å². The first-order valence-electron chi connectivity index (χ1n) is 6.19. The molecule has 3 rings (SSSR count). The molecule has 0 N–H and O–H groups in total. The molecule has 1 aromatic carbocycles. The Morgan fingerprint density at radius 1 is 1.28 bits per heavy atom. The van der Waals surface area contributed by atoms with Crippen LogP contribution in [0.1, 0.15) is 19.3 Å². The zero-order chi connectivity index (χ0) is 12.6. The van der Waals surface area contributed by atoms with Crippen LogP contribution in [0.25, 0.3) is 10.9 Å². The molecule has 1 saturated carbocycles. The van der Waals surface area contributed by atoms with Crippen molar-refractivity contribution in [2.24, 2.45) is 5.41 Å². The van der Waals surface area contributed by atoms with E-state index in [0.717, 1.165) is 30.3 Å². The van der Waals surface area contributed by atoms with Crippen LogP contribution in [0.15, 0.2) is 41.3 Å². The molecular weight excluding hydrogens is 224 g/mol. The summed E-state index contributed by atoms with van der Waals surface area (Å²) in [6.45, 7) is 0.835. The second kappa shape index (κ2) is 3.99. The number of fused-ring (bicyclic) bond motifs is 1. The molecule has 0 spiro atoms. The number of hydrogen-bond acceptors (Lipinski definition) is 2. The molecule has 1 fully saturated rings. The third-order valence-electron chi connectivity index (χ3n) is 3.80. The summed E-state index contributed by atoms with van der Waals surface area (Å²) in [5.74, 6) is 0. The quantitative estimate of drug-likeness (QED) is 0.825. The number of para-hydroxylation sites is 1. The monoisotopic (exact) mass is 238 g/mol. The largest absolute Gasteiger partial charge is 0.347 e. The van der Waals surface area contributed by atoms with Crippen molar-refractivity contribution in [3.63, 3.8) is 0 Å². The smallest absolute Gasteiger partial charge is 0.189 e. The van der Waals surface area contributed by atoms with Crippen molar-refractivity contribution in [2.75, 3.05) is 0 Å². The average Bonchev–Trinajstić information content (AvgIpc) is 3.14. The van der Waals surface area contributed by atoms with Gasteiger partial charge in [0.25, 0.3) is 0 Å². The van der Waals surface area contributed by atoms with Gasteiger partial charge in [-0.1, -0.05) is 12.1 Å². The normalized spacial score (nSPS) is 16.4. The number of nitrogens with zero attached hydrogens (tertiary/aromatic N) is 2. The van der Waals surface area contributed by atoms with Gasteiger partial charge in [-0.3, -0.25) is 4.79 Å². The van der Waals surface area contributed by atoms with E-state index in [4.69, 9.17) is 5.26 Å². The zero-order valence-electron chi connectivity index (χ0n) is 10.1. The van der Waals surface area contributed by atoms with Gasteiger partial charge in [0.15, 0.2) is 5.43 Å². The number of rotatable bonds is 3. The summed E-state index contributed by atoms with van der Waals surface area (Å²) >= 11 is 0. The van der Waals surface area contributed by atoms with Crippen LogP contribution < -0.4 is 5.43 Å². The first-order valence-corrected chi connectivity index (χ1v) is 6.19. The molecule has 1 aliphatic rings. The van der Waals surface area contributed by atoms with Crippen molar-refractivity contribution >= 4 is 10.9 Å². The highest BCUT2D eigenvalue weighted by Gasteiger charge is 2.42. The summed E-state index contributed by atoms with van der Waals surface area (Å²) in [6, 6.07) is 11.6. The molecule has 0 amide bonds. The van der Waals surface area contributed by atoms with Gasteiger partial charge in [-0.2, -0.15) is 5.26 Å². The predicted molar refractivity (Wildman–Crippen MR) is 70.1 cm³/mol. The van der Waals surface area contributed by atoms with E-state index in [0.29, 0.717) is 6.42 Å². The van der Waals surface area contributed by atoms with Crippen molar-refractivity contribution in [1.29, 1.82) is 5.26 Å². The fourth-order valence-electron chi connectivity index (χ4n) is 2.49. The maximum absolute atomic E-state index is 11.8. The minimum absolute atomic E-state index is 0.0620. The summed E-state index contributed by atoms with van der Waals surface area (Å²) in [7, 11) is 0. The summed E-state index contributed by atoms with van der Waals surface area (Å²) in [5.41, 5.74) is 1.17. The predicted octanol–water partition coefficient (Wildman–Crippen LogP) is 2.70. The lowest BCUT2D eigenvalue weighted by atomic mass is 10.0. The maximum Gasteiger partial charge on any atom is 0.189 e. The molecule has 0 atom stereocenters. The second-order valence-electron chi connectivity index (χ2n) is 5.16. The molecule has 0 bridgehead atoms. The Kier molecular flexibility index (Phi) is 2.45. The van der Waals surface area contributed by atoms with E-state index in [2.05, 4.69) is 10.6 Å². The Morgan fingerprint density at radius 3 is 2.78 bits per heavy atom. The van der Waals surface area contributed by atoms with E-state index in [1.807, 2.05) is 30.5 Å². The molecule has 2 aromatic rings. The molecule has 0 aliphatic heterocycles. The lowest BCUT2D eigenvalue weighted by Gasteiger charge is -2.16. The number of aromatic nitrogens is 1. The first-order chi connectivity index (χ1) is 8.74. The van der Waals surface area contributed by atoms with E-state index >= 15 is 0 Å². The van der Waals surface area contributed by atoms with Gasteiger partial charge in [-0.15, -0.1) is 0 Å². The van der Waals surface area contributed by atoms with Gasteiger partial charge in [0.1, 0.15) is 0 Å². The van der Waals surface area contributed by atoms with Crippen LogP contribution in [0.4, 0.5) is 0 Å². The highest BCUT2D eigenvalue weighted by atomic mass is 16.1. The average molecular weight is 238 g/mol. The Hall–Kier alpha value is -2.08. The van der Waals surface area contributed by atoms with Gasteiger partial charge in [0.2, 0.25) is 0 Å².